The van der Waals surface area contributed by atoms with E-state index in [2.05, 4.69) is 0 Å². The third-order valence-electron chi connectivity index (χ3n) is 12.2. The summed E-state index contributed by atoms with van der Waals surface area (Å²) in [5.41, 5.74) is -4.93. The summed E-state index contributed by atoms with van der Waals surface area (Å²) in [6.45, 7) is 8.57. The average molecular weight is 613 g/mol. The number of rotatable bonds is 7. The molecule has 8 N–H and O–H groups in total. The zero-order valence-electron chi connectivity index (χ0n) is 26.0. The fourth-order valence-corrected chi connectivity index (χ4v) is 9.58. The molecule has 1 heterocycles. The molecule has 0 aromatic carbocycles. The van der Waals surface area contributed by atoms with Crippen LogP contribution in [0.25, 0.3) is 0 Å². The number of ether oxygens (including phenoxy) is 2. The minimum Gasteiger partial charge on any atom is -0.390 e. The van der Waals surface area contributed by atoms with Crippen molar-refractivity contribution in [2.45, 2.75) is 146 Å². The molecule has 4 aliphatic carbocycles. The molecule has 0 bridgehead atoms. The number of aliphatic hydroxyl groups is 8. The second-order valence-corrected chi connectivity index (χ2v) is 15.5. The predicted octanol–water partition coefficient (Wildman–Crippen LogP) is 0.317. The molecular weight excluding hydrogens is 560 g/mol. The van der Waals surface area contributed by atoms with Crippen LogP contribution in [-0.4, -0.2) is 113 Å². The number of carbonyl (C=O) groups excluding carboxylic acids is 1. The molecular formula is C32H52O11. The van der Waals surface area contributed by atoms with E-state index in [4.69, 9.17) is 9.47 Å². The zero-order valence-corrected chi connectivity index (χ0v) is 26.0. The molecule has 11 nitrogen and oxygen atoms in total. The zero-order chi connectivity index (χ0) is 31.9. The van der Waals surface area contributed by atoms with Crippen LogP contribution in [0.3, 0.4) is 0 Å². The van der Waals surface area contributed by atoms with E-state index in [1.54, 1.807) is 26.8 Å². The largest absolute Gasteiger partial charge is 0.390 e. The van der Waals surface area contributed by atoms with Gasteiger partial charge in [-0.2, -0.15) is 0 Å². The van der Waals surface area contributed by atoms with Crippen LogP contribution in [0.2, 0.25) is 0 Å². The summed E-state index contributed by atoms with van der Waals surface area (Å²) in [7, 11) is 0. The van der Waals surface area contributed by atoms with Gasteiger partial charge in [0, 0.05) is 11.3 Å². The second kappa shape index (κ2) is 11.1. The third-order valence-corrected chi connectivity index (χ3v) is 12.2. The van der Waals surface area contributed by atoms with Gasteiger partial charge in [-0.15, -0.1) is 0 Å². The Hall–Kier alpha value is -0.990. The first kappa shape index (κ1) is 33.4. The molecule has 5 aliphatic rings. The maximum Gasteiger partial charge on any atom is 0.186 e. The van der Waals surface area contributed by atoms with E-state index in [-0.39, 0.29) is 44.0 Å². The van der Waals surface area contributed by atoms with Crippen molar-refractivity contribution in [2.24, 2.45) is 28.6 Å². The Bertz CT molecular complexity index is 1100. The summed E-state index contributed by atoms with van der Waals surface area (Å²) in [6.07, 6.45) is -4.25. The lowest BCUT2D eigenvalue weighted by Crippen LogP contribution is -2.63. The Labute approximate surface area is 253 Å². The van der Waals surface area contributed by atoms with Gasteiger partial charge in [0.25, 0.3) is 0 Å². The predicted molar refractivity (Wildman–Crippen MR) is 153 cm³/mol. The normalized spacial score (nSPS) is 48.9. The number of allylic oxidation sites excluding steroid dienone is 1. The van der Waals surface area contributed by atoms with E-state index in [9.17, 15) is 45.6 Å². The van der Waals surface area contributed by atoms with Crippen molar-refractivity contribution < 1.29 is 55.1 Å². The summed E-state index contributed by atoms with van der Waals surface area (Å²) >= 11 is 0. The van der Waals surface area contributed by atoms with E-state index >= 15 is 0 Å². The SMILES string of the molecule is CC(C)(O)CC[C@@H](O[C@@H]1OC[C@@H](O)[C@H](O)[C@H]1O)[C@](C)(O)[C@H]1CC[C@@]2(O)C3=CC(=O)[C@@H]4C[C@@H](O)[C@@H](O)C[C@]4(C)[C@H]3CC[C@]12C. The van der Waals surface area contributed by atoms with E-state index < -0.39 is 82.4 Å². The molecule has 0 aromatic heterocycles. The summed E-state index contributed by atoms with van der Waals surface area (Å²) in [6, 6.07) is 0. The number of aliphatic hydroxyl groups excluding tert-OH is 5. The first-order valence-electron chi connectivity index (χ1n) is 15.9. The first-order chi connectivity index (χ1) is 19.8. The van der Waals surface area contributed by atoms with Crippen molar-refractivity contribution in [1.29, 1.82) is 0 Å². The Morgan fingerprint density at radius 2 is 1.65 bits per heavy atom. The third kappa shape index (κ3) is 5.35. The molecule has 3 saturated carbocycles. The number of fused-ring (bicyclic) bond motifs is 5. The number of ketones is 1. The highest BCUT2D eigenvalue weighted by molar-refractivity contribution is 5.95. The van der Waals surface area contributed by atoms with E-state index in [1.807, 2.05) is 13.8 Å². The summed E-state index contributed by atoms with van der Waals surface area (Å²) in [5.74, 6) is -1.28. The lowest BCUT2D eigenvalue weighted by Gasteiger charge is -2.61. The van der Waals surface area contributed by atoms with Gasteiger partial charge in [-0.25, -0.2) is 0 Å². The molecule has 1 saturated heterocycles. The monoisotopic (exact) mass is 612 g/mol. The van der Waals surface area contributed by atoms with Crippen LogP contribution in [-0.2, 0) is 14.3 Å². The Morgan fingerprint density at radius 1 is 0.977 bits per heavy atom. The molecule has 14 atom stereocenters. The highest BCUT2D eigenvalue weighted by Gasteiger charge is 2.69. The summed E-state index contributed by atoms with van der Waals surface area (Å²) < 4.78 is 11.7. The summed E-state index contributed by atoms with van der Waals surface area (Å²) in [5, 5.41) is 87.1. The van der Waals surface area contributed by atoms with Crippen molar-refractivity contribution in [3.63, 3.8) is 0 Å². The van der Waals surface area contributed by atoms with Gasteiger partial charge in [-0.1, -0.05) is 13.8 Å². The maximum absolute atomic E-state index is 13.5. The Morgan fingerprint density at radius 3 is 2.30 bits per heavy atom. The lowest BCUT2D eigenvalue weighted by atomic mass is 9.45. The molecule has 5 rings (SSSR count). The molecule has 4 fully saturated rings. The fraction of sp³-hybridized carbons (Fsp3) is 0.906. The van der Waals surface area contributed by atoms with Crippen molar-refractivity contribution in [1.82, 2.24) is 0 Å². The molecule has 0 unspecified atom stereocenters. The van der Waals surface area contributed by atoms with Gasteiger partial charge < -0.3 is 50.3 Å². The Balaban J connectivity index is 1.46. The second-order valence-electron chi connectivity index (χ2n) is 15.5. The van der Waals surface area contributed by atoms with Crippen LogP contribution in [0, 0.1) is 28.6 Å². The van der Waals surface area contributed by atoms with Gasteiger partial charge >= 0.3 is 0 Å². The standard InChI is InChI=1S/C32H52O11/c1-28(2,39)9-8-24(43-27-26(38)25(37)22(36)15-42-27)31(5,40)23-7-11-32(41)17-12-19(33)18-13-20(34)21(35)14-29(18,3)16(17)6-10-30(23,32)4/h12,16,18,20-27,34-41H,6-11,13-15H2,1-5H3/t16-,18-,20+,21-,22+,23-,24+,25-,26+,27-,29+,30+,31+,32+/m0/s1. The van der Waals surface area contributed by atoms with Crippen molar-refractivity contribution in [3.8, 4) is 0 Å². The molecule has 11 heteroatoms. The average Bonchev–Trinajstić information content (AvgIpc) is 3.19. The van der Waals surface area contributed by atoms with Crippen molar-refractivity contribution in [3.05, 3.63) is 11.6 Å². The quantitative estimate of drug-likeness (QED) is 0.197. The van der Waals surface area contributed by atoms with E-state index in [0.717, 1.165) is 0 Å². The van der Waals surface area contributed by atoms with Gasteiger partial charge in [0.1, 0.15) is 18.3 Å². The fourth-order valence-electron chi connectivity index (χ4n) is 9.58. The van der Waals surface area contributed by atoms with Crippen LogP contribution in [0.4, 0.5) is 0 Å². The number of hydrogen-bond donors (Lipinski definition) is 8. The lowest BCUT2D eigenvalue weighted by molar-refractivity contribution is -0.306. The molecule has 0 radical (unpaired) electrons. The van der Waals surface area contributed by atoms with Crippen LogP contribution >= 0.6 is 0 Å². The van der Waals surface area contributed by atoms with Crippen molar-refractivity contribution in [2.75, 3.05) is 6.61 Å². The van der Waals surface area contributed by atoms with Gasteiger partial charge in [0.2, 0.25) is 0 Å². The Kier molecular flexibility index (Phi) is 8.59. The minimum absolute atomic E-state index is 0.150. The van der Waals surface area contributed by atoms with Gasteiger partial charge in [0.05, 0.1) is 41.7 Å². The highest BCUT2D eigenvalue weighted by atomic mass is 16.7. The molecule has 0 spiro atoms. The molecule has 43 heavy (non-hydrogen) atoms. The minimum atomic E-state index is -1.60. The van der Waals surface area contributed by atoms with E-state index in [0.29, 0.717) is 31.3 Å². The van der Waals surface area contributed by atoms with Crippen LogP contribution in [0.5, 0.6) is 0 Å². The number of hydrogen-bond acceptors (Lipinski definition) is 11. The maximum atomic E-state index is 13.5. The van der Waals surface area contributed by atoms with Gasteiger partial charge in [-0.3, -0.25) is 4.79 Å². The summed E-state index contributed by atoms with van der Waals surface area (Å²) in [4.78, 5) is 13.5. The first-order valence-corrected chi connectivity index (χ1v) is 15.9. The molecule has 246 valence electrons. The van der Waals surface area contributed by atoms with Gasteiger partial charge in [-0.05, 0) is 101 Å². The molecule has 1 aliphatic heterocycles. The number of carbonyl (C=O) groups is 1. The molecule has 0 amide bonds. The van der Waals surface area contributed by atoms with Crippen molar-refractivity contribution >= 4 is 5.78 Å². The highest BCUT2D eigenvalue weighted by Crippen LogP contribution is 2.68. The topological polar surface area (TPSA) is 197 Å². The van der Waals surface area contributed by atoms with Crippen LogP contribution in [0.15, 0.2) is 11.6 Å². The van der Waals surface area contributed by atoms with Crippen LogP contribution < -0.4 is 0 Å². The molecule has 0 aromatic rings. The van der Waals surface area contributed by atoms with E-state index in [1.165, 1.54) is 0 Å². The smallest absolute Gasteiger partial charge is 0.186 e. The van der Waals surface area contributed by atoms with Crippen LogP contribution in [0.1, 0.15) is 86.0 Å². The van der Waals surface area contributed by atoms with Gasteiger partial charge in [0.15, 0.2) is 12.1 Å².